The number of rotatable bonds is 10. The minimum absolute atomic E-state index is 0.308. The van der Waals surface area contributed by atoms with E-state index in [-0.39, 0.29) is 5.78 Å². The van der Waals surface area contributed by atoms with Gasteiger partial charge in [-0.05, 0) is 25.5 Å². The summed E-state index contributed by atoms with van der Waals surface area (Å²) in [6, 6.07) is 7.00. The second-order valence-electron chi connectivity index (χ2n) is 5.94. The number of Topliss-reactive ketones (excluding diaryl/α,β-unsaturated/α-hetero) is 1. The van der Waals surface area contributed by atoms with Gasteiger partial charge in [0.05, 0.1) is 24.1 Å². The van der Waals surface area contributed by atoms with E-state index in [9.17, 15) is 9.59 Å². The summed E-state index contributed by atoms with van der Waals surface area (Å²) in [4.78, 5) is 28.8. The van der Waals surface area contributed by atoms with Crippen LogP contribution in [0.1, 0.15) is 58.3 Å². The Morgan fingerprint density at radius 2 is 2.07 bits per heavy atom. The molecule has 144 valence electrons. The van der Waals surface area contributed by atoms with Crippen LogP contribution in [0.15, 0.2) is 29.4 Å². The van der Waals surface area contributed by atoms with Crippen LogP contribution >= 0.6 is 11.3 Å². The fourth-order valence-electron chi connectivity index (χ4n) is 2.40. The molecule has 0 atom stereocenters. The van der Waals surface area contributed by atoms with Crippen molar-refractivity contribution in [1.82, 2.24) is 10.4 Å². The lowest BCUT2D eigenvalue weighted by Crippen LogP contribution is -2.18. The smallest absolute Gasteiger partial charge is 0.283 e. The molecule has 1 heterocycles. The quantitative estimate of drug-likeness (QED) is 0.280. The normalized spacial score (nSPS) is 10.9. The molecule has 0 bridgehead atoms. The number of carbonyl (C=O) groups is 2. The van der Waals surface area contributed by atoms with E-state index in [4.69, 9.17) is 10.5 Å². The van der Waals surface area contributed by atoms with Crippen molar-refractivity contribution in [2.75, 3.05) is 12.3 Å². The maximum Gasteiger partial charge on any atom is 0.283 e. The first-order valence-electron chi connectivity index (χ1n) is 8.85. The summed E-state index contributed by atoms with van der Waals surface area (Å²) in [5.41, 5.74) is 8.83. The van der Waals surface area contributed by atoms with Crippen molar-refractivity contribution in [3.63, 3.8) is 0 Å². The molecule has 1 aromatic carbocycles. The number of ether oxygens (including phenoxy) is 1. The van der Waals surface area contributed by atoms with Gasteiger partial charge in [-0.15, -0.1) is 0 Å². The number of anilines is 1. The number of ketones is 1. The number of aromatic nitrogens is 1. The summed E-state index contributed by atoms with van der Waals surface area (Å²) in [5.74, 6) is -0.283. The Balaban J connectivity index is 1.94. The maximum absolute atomic E-state index is 12.4. The summed E-state index contributed by atoms with van der Waals surface area (Å²) >= 11 is 1.07. The minimum Gasteiger partial charge on any atom is -0.493 e. The fourth-order valence-corrected chi connectivity index (χ4v) is 3.13. The fraction of sp³-hybridized carbons (Fsp3) is 0.368. The number of hydrazone groups is 1. The molecule has 7 nitrogen and oxygen atoms in total. The molecular weight excluding hydrogens is 364 g/mol. The third-order valence-corrected chi connectivity index (χ3v) is 4.76. The molecule has 0 aliphatic carbocycles. The molecule has 0 saturated carbocycles. The van der Waals surface area contributed by atoms with Gasteiger partial charge in [-0.1, -0.05) is 49.7 Å². The van der Waals surface area contributed by atoms with Gasteiger partial charge in [0.1, 0.15) is 10.6 Å². The maximum atomic E-state index is 12.4. The molecule has 0 radical (unpaired) electrons. The topological polar surface area (TPSA) is 107 Å². The Labute approximate surface area is 162 Å². The highest BCUT2D eigenvalue weighted by Gasteiger charge is 2.14. The van der Waals surface area contributed by atoms with Gasteiger partial charge in [0.15, 0.2) is 5.13 Å². The molecule has 0 spiro atoms. The van der Waals surface area contributed by atoms with Crippen molar-refractivity contribution in [1.29, 1.82) is 0 Å². The van der Waals surface area contributed by atoms with Gasteiger partial charge in [-0.25, -0.2) is 10.4 Å². The van der Waals surface area contributed by atoms with Crippen molar-refractivity contribution in [3.8, 4) is 5.75 Å². The largest absolute Gasteiger partial charge is 0.493 e. The number of carbonyl (C=O) groups excluding carboxylic acids is 2. The Morgan fingerprint density at radius 1 is 1.30 bits per heavy atom. The zero-order valence-corrected chi connectivity index (χ0v) is 16.3. The second-order valence-corrected chi connectivity index (χ2v) is 6.97. The predicted molar refractivity (Wildman–Crippen MR) is 108 cm³/mol. The molecule has 0 unspecified atom stereocenters. The van der Waals surface area contributed by atoms with E-state index in [0.717, 1.165) is 36.8 Å². The van der Waals surface area contributed by atoms with Gasteiger partial charge < -0.3 is 10.5 Å². The average molecular weight is 388 g/mol. The number of nitrogens with two attached hydrogens (primary N) is 1. The van der Waals surface area contributed by atoms with Gasteiger partial charge >= 0.3 is 0 Å². The number of hydrogen-bond donors (Lipinski definition) is 2. The second kappa shape index (κ2) is 10.4. The number of para-hydroxylation sites is 1. The van der Waals surface area contributed by atoms with Gasteiger partial charge in [0.25, 0.3) is 5.91 Å². The van der Waals surface area contributed by atoms with Crippen LogP contribution in [0.2, 0.25) is 0 Å². The Morgan fingerprint density at radius 3 is 2.78 bits per heavy atom. The highest BCUT2D eigenvalue weighted by molar-refractivity contribution is 7.17. The van der Waals surface area contributed by atoms with E-state index in [1.165, 1.54) is 6.42 Å². The third kappa shape index (κ3) is 6.18. The molecule has 1 aromatic heterocycles. The molecular formula is C19H24N4O3S. The highest BCUT2D eigenvalue weighted by Crippen LogP contribution is 2.20. The van der Waals surface area contributed by atoms with Crippen LogP contribution in [-0.2, 0) is 0 Å². The van der Waals surface area contributed by atoms with Crippen molar-refractivity contribution < 1.29 is 14.3 Å². The van der Waals surface area contributed by atoms with Crippen LogP contribution in [0.5, 0.6) is 5.75 Å². The molecule has 2 rings (SSSR count). The molecule has 1 amide bonds. The van der Waals surface area contributed by atoms with Gasteiger partial charge in [0, 0.05) is 0 Å². The predicted octanol–water partition coefficient (Wildman–Crippen LogP) is 3.59. The molecule has 0 aliphatic rings. The summed E-state index contributed by atoms with van der Waals surface area (Å²) in [6.07, 6.45) is 5.43. The number of aryl methyl sites for hydroxylation is 1. The Hall–Kier alpha value is -2.74. The molecule has 8 heteroatoms. The SMILES string of the molecule is CCCCCCOc1ccccc1C(=O)/C=N\NC(=O)c1sc(N)nc1C. The summed E-state index contributed by atoms with van der Waals surface area (Å²) in [7, 11) is 0. The standard InChI is InChI=1S/C19H24N4O3S/c1-3-4-5-8-11-26-16-10-7-6-9-14(16)15(24)12-21-23-18(25)17-13(2)22-19(20)27-17/h6-7,9-10,12H,3-5,8,11H2,1-2H3,(H2,20,22)(H,23,25)/b21-12-. The molecule has 0 aliphatic heterocycles. The minimum atomic E-state index is -0.453. The average Bonchev–Trinajstić information content (AvgIpc) is 3.00. The van der Waals surface area contributed by atoms with Gasteiger partial charge in [-0.2, -0.15) is 5.10 Å². The Kier molecular flexibility index (Phi) is 7.94. The number of hydrogen-bond acceptors (Lipinski definition) is 7. The van der Waals surface area contributed by atoms with Crippen LogP contribution in [0.25, 0.3) is 0 Å². The van der Waals surface area contributed by atoms with E-state index >= 15 is 0 Å². The number of nitrogen functional groups attached to an aromatic ring is 1. The van der Waals surface area contributed by atoms with Crippen LogP contribution in [0.4, 0.5) is 5.13 Å². The van der Waals surface area contributed by atoms with Crippen molar-refractivity contribution in [2.24, 2.45) is 5.10 Å². The van der Waals surface area contributed by atoms with E-state index in [1.807, 2.05) is 6.07 Å². The highest BCUT2D eigenvalue weighted by atomic mass is 32.1. The number of benzene rings is 1. The zero-order valence-electron chi connectivity index (χ0n) is 15.5. The molecule has 27 heavy (non-hydrogen) atoms. The number of unbranched alkanes of at least 4 members (excludes halogenated alkanes) is 3. The van der Waals surface area contributed by atoms with E-state index in [1.54, 1.807) is 25.1 Å². The van der Waals surface area contributed by atoms with E-state index < -0.39 is 5.91 Å². The van der Waals surface area contributed by atoms with Gasteiger partial charge in [0.2, 0.25) is 5.78 Å². The number of nitrogens with zero attached hydrogens (tertiary/aromatic N) is 2. The summed E-state index contributed by atoms with van der Waals surface area (Å²) in [6.45, 7) is 4.40. The van der Waals surface area contributed by atoms with Crippen molar-refractivity contribution in [3.05, 3.63) is 40.4 Å². The number of nitrogens with one attached hydrogen (secondary N) is 1. The van der Waals surface area contributed by atoms with E-state index in [0.29, 0.717) is 33.6 Å². The van der Waals surface area contributed by atoms with Crippen molar-refractivity contribution in [2.45, 2.75) is 39.5 Å². The first-order valence-corrected chi connectivity index (χ1v) is 9.67. The van der Waals surface area contributed by atoms with Gasteiger partial charge in [-0.3, -0.25) is 9.59 Å². The van der Waals surface area contributed by atoms with Crippen LogP contribution < -0.4 is 15.9 Å². The van der Waals surface area contributed by atoms with Crippen LogP contribution in [0, 0.1) is 6.92 Å². The van der Waals surface area contributed by atoms with Crippen LogP contribution in [-0.4, -0.2) is 29.5 Å². The number of thiazole rings is 1. The monoisotopic (exact) mass is 388 g/mol. The lowest BCUT2D eigenvalue weighted by atomic mass is 10.1. The lowest BCUT2D eigenvalue weighted by molar-refractivity contribution is 0.0958. The third-order valence-electron chi connectivity index (χ3n) is 3.78. The zero-order chi connectivity index (χ0) is 19.6. The molecule has 3 N–H and O–H groups in total. The summed E-state index contributed by atoms with van der Waals surface area (Å²) in [5, 5.41) is 4.05. The lowest BCUT2D eigenvalue weighted by Gasteiger charge is -2.09. The molecule has 0 saturated heterocycles. The first kappa shape index (κ1) is 20.6. The Bertz CT molecular complexity index is 817. The van der Waals surface area contributed by atoms with E-state index in [2.05, 4.69) is 22.4 Å². The summed E-state index contributed by atoms with van der Waals surface area (Å²) < 4.78 is 5.73. The first-order chi connectivity index (χ1) is 13.0. The molecule has 0 fully saturated rings. The number of amides is 1. The van der Waals surface area contributed by atoms with Crippen LogP contribution in [0.3, 0.4) is 0 Å². The van der Waals surface area contributed by atoms with Crippen molar-refractivity contribution >= 4 is 34.4 Å². The molecule has 2 aromatic rings.